The second-order valence-corrected chi connectivity index (χ2v) is 8.85. The first-order chi connectivity index (χ1) is 13.0. The van der Waals surface area contributed by atoms with Gasteiger partial charge in [-0.15, -0.1) is 0 Å². The van der Waals surface area contributed by atoms with Crippen LogP contribution in [0.15, 0.2) is 10.7 Å². The Bertz CT molecular complexity index is 767. The fourth-order valence-electron chi connectivity index (χ4n) is 4.99. The van der Waals surface area contributed by atoms with Crippen molar-refractivity contribution in [1.29, 1.82) is 0 Å². The second-order valence-electron chi connectivity index (χ2n) is 8.85. The third-order valence-corrected chi connectivity index (χ3v) is 7.28. The maximum atomic E-state index is 12.8. The number of ether oxygens (including phenoxy) is 2. The van der Waals surface area contributed by atoms with Crippen LogP contribution in [0.25, 0.3) is 0 Å². The molecule has 0 aromatic carbocycles. The number of carbonyl (C=O) groups excluding carboxylic acids is 2. The van der Waals surface area contributed by atoms with Gasteiger partial charge in [0, 0.05) is 30.2 Å². The van der Waals surface area contributed by atoms with Crippen LogP contribution < -0.4 is 0 Å². The molecule has 0 saturated heterocycles. The standard InChI is InChI=1S/C22H32O6/c1-7-12(2)20(24)28-19-18-13(3)11-26-17(18)10-22(25)9-8-16(27-15(5)23)14(4)21(19,22)6/h11-12,14,16,19,25H,7-10H2,1-6H3. The van der Waals surface area contributed by atoms with E-state index < -0.39 is 17.1 Å². The van der Waals surface area contributed by atoms with Crippen LogP contribution in [0.1, 0.15) is 76.9 Å². The Labute approximate surface area is 166 Å². The van der Waals surface area contributed by atoms with E-state index in [4.69, 9.17) is 13.9 Å². The van der Waals surface area contributed by atoms with Crippen LogP contribution in [0.4, 0.5) is 0 Å². The van der Waals surface area contributed by atoms with Crippen LogP contribution in [0.3, 0.4) is 0 Å². The molecule has 0 spiro atoms. The van der Waals surface area contributed by atoms with E-state index >= 15 is 0 Å². The average molecular weight is 392 g/mol. The van der Waals surface area contributed by atoms with Crippen molar-refractivity contribution in [2.24, 2.45) is 17.3 Å². The zero-order chi connectivity index (χ0) is 20.9. The summed E-state index contributed by atoms with van der Waals surface area (Å²) in [6, 6.07) is 0. The molecule has 2 aliphatic carbocycles. The van der Waals surface area contributed by atoms with Crippen molar-refractivity contribution in [3.05, 3.63) is 23.2 Å². The molecule has 6 unspecified atom stereocenters. The van der Waals surface area contributed by atoms with E-state index in [9.17, 15) is 14.7 Å². The Hall–Kier alpha value is -1.82. The summed E-state index contributed by atoms with van der Waals surface area (Å²) in [5, 5.41) is 11.7. The molecular formula is C22H32O6. The van der Waals surface area contributed by atoms with Crippen molar-refractivity contribution in [3.63, 3.8) is 0 Å². The van der Waals surface area contributed by atoms with Crippen LogP contribution in [0.2, 0.25) is 0 Å². The highest BCUT2D eigenvalue weighted by molar-refractivity contribution is 5.72. The molecule has 0 amide bonds. The van der Waals surface area contributed by atoms with E-state index in [0.29, 0.717) is 31.4 Å². The Morgan fingerprint density at radius 1 is 1.39 bits per heavy atom. The van der Waals surface area contributed by atoms with Crippen molar-refractivity contribution >= 4 is 11.9 Å². The zero-order valence-electron chi connectivity index (χ0n) is 17.7. The largest absolute Gasteiger partial charge is 0.469 e. The summed E-state index contributed by atoms with van der Waals surface area (Å²) in [6.07, 6.45) is 2.72. The third kappa shape index (κ3) is 3.06. The van der Waals surface area contributed by atoms with Crippen LogP contribution in [-0.4, -0.2) is 28.8 Å². The van der Waals surface area contributed by atoms with Crippen LogP contribution >= 0.6 is 0 Å². The third-order valence-electron chi connectivity index (χ3n) is 7.28. The van der Waals surface area contributed by atoms with Crippen molar-refractivity contribution in [2.45, 2.75) is 85.0 Å². The maximum absolute atomic E-state index is 12.8. The molecule has 1 aromatic heterocycles. The zero-order valence-corrected chi connectivity index (χ0v) is 17.7. The monoisotopic (exact) mass is 392 g/mol. The number of rotatable bonds is 4. The Morgan fingerprint density at radius 3 is 2.68 bits per heavy atom. The molecule has 6 nitrogen and oxygen atoms in total. The fourth-order valence-corrected chi connectivity index (χ4v) is 4.99. The number of hydrogen-bond donors (Lipinski definition) is 1. The van der Waals surface area contributed by atoms with Gasteiger partial charge < -0.3 is 19.0 Å². The molecule has 6 atom stereocenters. The summed E-state index contributed by atoms with van der Waals surface area (Å²) in [5.41, 5.74) is -0.169. The summed E-state index contributed by atoms with van der Waals surface area (Å²) >= 11 is 0. The molecule has 1 fully saturated rings. The highest BCUT2D eigenvalue weighted by Gasteiger charge is 2.65. The van der Waals surface area contributed by atoms with Crippen LogP contribution in [0.5, 0.6) is 0 Å². The predicted octanol–water partition coefficient (Wildman–Crippen LogP) is 3.87. The molecule has 3 rings (SSSR count). The average Bonchev–Trinajstić information content (AvgIpc) is 2.99. The summed E-state index contributed by atoms with van der Waals surface area (Å²) in [5.74, 6) is -0.385. The summed E-state index contributed by atoms with van der Waals surface area (Å²) in [4.78, 5) is 24.4. The van der Waals surface area contributed by atoms with E-state index in [1.54, 1.807) is 6.26 Å². The van der Waals surface area contributed by atoms with Gasteiger partial charge >= 0.3 is 11.9 Å². The maximum Gasteiger partial charge on any atom is 0.309 e. The number of fused-ring (bicyclic) bond motifs is 2. The number of aliphatic hydroxyl groups is 1. The van der Waals surface area contributed by atoms with E-state index in [1.165, 1.54) is 6.92 Å². The lowest BCUT2D eigenvalue weighted by Crippen LogP contribution is -2.63. The first-order valence-corrected chi connectivity index (χ1v) is 10.2. The van der Waals surface area contributed by atoms with Crippen molar-refractivity contribution < 1.29 is 28.6 Å². The molecule has 156 valence electrons. The molecule has 6 heteroatoms. The highest BCUT2D eigenvalue weighted by Crippen LogP contribution is 2.61. The summed E-state index contributed by atoms with van der Waals surface area (Å²) < 4.78 is 17.4. The van der Waals surface area contributed by atoms with Gasteiger partial charge in [-0.3, -0.25) is 9.59 Å². The lowest BCUT2D eigenvalue weighted by molar-refractivity contribution is -0.236. The fraction of sp³-hybridized carbons (Fsp3) is 0.727. The van der Waals surface area contributed by atoms with Gasteiger partial charge in [-0.05, 0) is 31.7 Å². The minimum absolute atomic E-state index is 0.202. The van der Waals surface area contributed by atoms with E-state index in [0.717, 1.165) is 11.1 Å². The van der Waals surface area contributed by atoms with Gasteiger partial charge in [0.25, 0.3) is 0 Å². The first kappa shape index (κ1) is 20.9. The van der Waals surface area contributed by atoms with E-state index in [2.05, 4.69) is 0 Å². The lowest BCUT2D eigenvalue weighted by atomic mass is 9.51. The topological polar surface area (TPSA) is 86.0 Å². The number of aryl methyl sites for hydroxylation is 1. The van der Waals surface area contributed by atoms with Crippen molar-refractivity contribution in [2.75, 3.05) is 0 Å². The van der Waals surface area contributed by atoms with Gasteiger partial charge in [0.05, 0.1) is 17.8 Å². The Morgan fingerprint density at radius 2 is 2.07 bits per heavy atom. The van der Waals surface area contributed by atoms with Crippen LogP contribution in [-0.2, 0) is 25.5 Å². The number of hydrogen-bond acceptors (Lipinski definition) is 6. The van der Waals surface area contributed by atoms with Gasteiger partial charge in [0.2, 0.25) is 0 Å². The molecule has 1 saturated carbocycles. The molecule has 0 bridgehead atoms. The first-order valence-electron chi connectivity index (χ1n) is 10.2. The van der Waals surface area contributed by atoms with Gasteiger partial charge in [0.15, 0.2) is 0 Å². The lowest BCUT2D eigenvalue weighted by Gasteiger charge is -2.59. The van der Waals surface area contributed by atoms with Crippen molar-refractivity contribution in [3.8, 4) is 0 Å². The minimum Gasteiger partial charge on any atom is -0.469 e. The Kier molecular flexibility index (Phi) is 5.38. The predicted molar refractivity (Wildman–Crippen MR) is 102 cm³/mol. The second kappa shape index (κ2) is 7.21. The molecule has 2 aliphatic rings. The molecule has 28 heavy (non-hydrogen) atoms. The highest BCUT2D eigenvalue weighted by atomic mass is 16.6. The number of furan rings is 1. The van der Waals surface area contributed by atoms with Gasteiger partial charge in [0.1, 0.15) is 18.0 Å². The van der Waals surface area contributed by atoms with Crippen LogP contribution in [0, 0.1) is 24.2 Å². The van der Waals surface area contributed by atoms with E-state index in [-0.39, 0.29) is 29.9 Å². The molecule has 1 N–H and O–H groups in total. The number of esters is 2. The molecular weight excluding hydrogens is 360 g/mol. The Balaban J connectivity index is 2.09. The summed E-state index contributed by atoms with van der Waals surface area (Å²) in [6.45, 7) is 11.0. The van der Waals surface area contributed by atoms with Gasteiger partial charge in [-0.2, -0.15) is 0 Å². The normalized spacial score (nSPS) is 35.5. The van der Waals surface area contributed by atoms with Crippen molar-refractivity contribution in [1.82, 2.24) is 0 Å². The quantitative estimate of drug-likeness (QED) is 0.783. The SMILES string of the molecule is CCC(C)C(=O)OC1c2c(C)coc2CC2(O)CCC(OC(C)=O)C(C)C12C. The van der Waals surface area contributed by atoms with Gasteiger partial charge in [-0.1, -0.05) is 27.7 Å². The van der Waals surface area contributed by atoms with E-state index in [1.807, 2.05) is 34.6 Å². The molecule has 0 aliphatic heterocycles. The molecule has 0 radical (unpaired) electrons. The molecule has 1 heterocycles. The summed E-state index contributed by atoms with van der Waals surface area (Å²) in [7, 11) is 0. The minimum atomic E-state index is -1.11. The number of carbonyl (C=O) groups is 2. The smallest absolute Gasteiger partial charge is 0.309 e. The molecule has 1 aromatic rings. The van der Waals surface area contributed by atoms with Gasteiger partial charge in [-0.25, -0.2) is 0 Å².